The zero-order valence-corrected chi connectivity index (χ0v) is 21.4. The van der Waals surface area contributed by atoms with Gasteiger partial charge >= 0.3 is 0 Å². The Hall–Kier alpha value is -0.780. The minimum absolute atomic E-state index is 0. The van der Waals surface area contributed by atoms with Crippen LogP contribution in [-0.2, 0) is 9.84 Å². The first-order valence-corrected chi connectivity index (χ1v) is 12.6. The van der Waals surface area contributed by atoms with Crippen molar-refractivity contribution in [2.75, 3.05) is 62.2 Å². The third-order valence-corrected chi connectivity index (χ3v) is 7.37. The molecule has 0 bridgehead atoms. The van der Waals surface area contributed by atoms with Crippen LogP contribution in [0.25, 0.3) is 0 Å². The first-order chi connectivity index (χ1) is 13.9. The molecule has 170 valence electrons. The van der Waals surface area contributed by atoms with Gasteiger partial charge in [-0.1, -0.05) is 17.7 Å². The van der Waals surface area contributed by atoms with Crippen LogP contribution in [0.5, 0.6) is 0 Å². The molecule has 1 atom stereocenters. The molecule has 0 saturated carbocycles. The molecule has 2 heterocycles. The van der Waals surface area contributed by atoms with E-state index in [1.54, 1.807) is 0 Å². The van der Waals surface area contributed by atoms with Crippen molar-refractivity contribution < 1.29 is 8.42 Å². The van der Waals surface area contributed by atoms with E-state index in [4.69, 9.17) is 11.6 Å². The smallest absolute Gasteiger partial charge is 0.191 e. The third kappa shape index (κ3) is 8.05. The molecule has 30 heavy (non-hydrogen) atoms. The van der Waals surface area contributed by atoms with E-state index in [9.17, 15) is 8.42 Å². The minimum Gasteiger partial charge on any atom is -0.369 e. The summed E-state index contributed by atoms with van der Waals surface area (Å²) in [4.78, 5) is 9.48. The molecule has 2 N–H and O–H groups in total. The summed E-state index contributed by atoms with van der Waals surface area (Å²) in [5.41, 5.74) is 1.19. The second-order valence-corrected chi connectivity index (χ2v) is 10.3. The largest absolute Gasteiger partial charge is 0.369 e. The lowest BCUT2D eigenvalue weighted by Crippen LogP contribution is -2.46. The number of anilines is 1. The van der Waals surface area contributed by atoms with Crippen molar-refractivity contribution in [3.63, 3.8) is 0 Å². The van der Waals surface area contributed by atoms with Gasteiger partial charge < -0.3 is 15.5 Å². The summed E-state index contributed by atoms with van der Waals surface area (Å²) in [6.07, 6.45) is 1.64. The summed E-state index contributed by atoms with van der Waals surface area (Å²) in [7, 11) is -2.89. The lowest BCUT2D eigenvalue weighted by Gasteiger charge is -2.36. The monoisotopic (exact) mass is 569 g/mol. The Labute approximate surface area is 202 Å². The summed E-state index contributed by atoms with van der Waals surface area (Å²) in [6.45, 7) is 8.60. The highest BCUT2D eigenvalue weighted by Crippen LogP contribution is 2.20. The van der Waals surface area contributed by atoms with E-state index in [1.807, 2.05) is 25.1 Å². The summed E-state index contributed by atoms with van der Waals surface area (Å²) >= 11 is 6.10. The number of guanidine groups is 1. The molecule has 2 aliphatic rings. The quantitative estimate of drug-likeness (QED) is 0.227. The molecule has 1 unspecified atom stereocenters. The number of benzene rings is 1. The molecule has 0 spiro atoms. The van der Waals surface area contributed by atoms with E-state index in [-0.39, 0.29) is 41.5 Å². The predicted octanol–water partition coefficient (Wildman–Crippen LogP) is 2.21. The number of nitrogens with zero attached hydrogens (tertiary/aromatic N) is 3. The zero-order chi connectivity index (χ0) is 20.7. The third-order valence-electron chi connectivity index (χ3n) is 5.37. The number of sulfone groups is 1. The van der Waals surface area contributed by atoms with Crippen LogP contribution in [0.1, 0.15) is 19.8 Å². The molecule has 0 aliphatic carbocycles. The Morgan fingerprint density at radius 1 is 1.27 bits per heavy atom. The topological polar surface area (TPSA) is 77.0 Å². The van der Waals surface area contributed by atoms with Crippen molar-refractivity contribution in [3.8, 4) is 0 Å². The summed E-state index contributed by atoms with van der Waals surface area (Å²) in [6, 6.07) is 8.01. The minimum atomic E-state index is -2.89. The van der Waals surface area contributed by atoms with E-state index < -0.39 is 9.84 Å². The van der Waals surface area contributed by atoms with Crippen molar-refractivity contribution in [1.29, 1.82) is 0 Å². The normalized spacial score (nSPS) is 21.9. The summed E-state index contributed by atoms with van der Waals surface area (Å²) in [5.74, 6) is 1.19. The summed E-state index contributed by atoms with van der Waals surface area (Å²) in [5, 5.41) is 7.27. The molecular weight excluding hydrogens is 537 g/mol. The fourth-order valence-electron chi connectivity index (χ4n) is 3.81. The number of hydrogen-bond donors (Lipinski definition) is 2. The lowest BCUT2D eigenvalue weighted by molar-refractivity contribution is 0.256. The van der Waals surface area contributed by atoms with Gasteiger partial charge in [0.25, 0.3) is 0 Å². The van der Waals surface area contributed by atoms with Crippen LogP contribution in [0, 0.1) is 0 Å². The SMILES string of the molecule is CCNC(=NCCCN1CCN(c2cccc(Cl)c2)CC1)NC1CCS(=O)(=O)C1.I. The Morgan fingerprint density at radius 2 is 2.03 bits per heavy atom. The van der Waals surface area contributed by atoms with Gasteiger partial charge in [-0.2, -0.15) is 0 Å². The van der Waals surface area contributed by atoms with Crippen LogP contribution < -0.4 is 15.5 Å². The van der Waals surface area contributed by atoms with Gasteiger partial charge in [0.05, 0.1) is 11.5 Å². The van der Waals surface area contributed by atoms with Gasteiger partial charge in [-0.25, -0.2) is 8.42 Å². The second-order valence-electron chi connectivity index (χ2n) is 7.67. The Balaban J connectivity index is 0.00000320. The van der Waals surface area contributed by atoms with E-state index in [1.165, 1.54) is 5.69 Å². The maximum atomic E-state index is 11.6. The van der Waals surface area contributed by atoms with Crippen molar-refractivity contribution in [2.45, 2.75) is 25.8 Å². The van der Waals surface area contributed by atoms with Crippen LogP contribution in [0.2, 0.25) is 5.02 Å². The molecule has 2 saturated heterocycles. The number of nitrogens with one attached hydrogen (secondary N) is 2. The van der Waals surface area contributed by atoms with Crippen LogP contribution in [0.15, 0.2) is 29.3 Å². The van der Waals surface area contributed by atoms with Gasteiger partial charge in [0.15, 0.2) is 15.8 Å². The van der Waals surface area contributed by atoms with Crippen LogP contribution >= 0.6 is 35.6 Å². The maximum Gasteiger partial charge on any atom is 0.191 e. The Kier molecular flexibility index (Phi) is 10.5. The maximum absolute atomic E-state index is 11.6. The van der Waals surface area contributed by atoms with Crippen molar-refractivity contribution >= 4 is 57.1 Å². The fourth-order valence-corrected chi connectivity index (χ4v) is 5.67. The fraction of sp³-hybridized carbons (Fsp3) is 0.650. The molecule has 0 amide bonds. The first kappa shape index (κ1) is 25.5. The Bertz CT molecular complexity index is 800. The molecule has 2 aliphatic heterocycles. The molecular formula is C20H33ClIN5O2S. The van der Waals surface area contributed by atoms with Gasteiger partial charge in [-0.15, -0.1) is 24.0 Å². The van der Waals surface area contributed by atoms with E-state index in [0.29, 0.717) is 6.42 Å². The van der Waals surface area contributed by atoms with E-state index >= 15 is 0 Å². The number of rotatable bonds is 7. The number of halogens is 2. The average molecular weight is 570 g/mol. The van der Waals surface area contributed by atoms with Gasteiger partial charge in [0, 0.05) is 62.6 Å². The van der Waals surface area contributed by atoms with Crippen molar-refractivity contribution in [1.82, 2.24) is 15.5 Å². The number of hydrogen-bond acceptors (Lipinski definition) is 5. The highest BCUT2D eigenvalue weighted by atomic mass is 127. The van der Waals surface area contributed by atoms with Gasteiger partial charge in [0.2, 0.25) is 0 Å². The zero-order valence-electron chi connectivity index (χ0n) is 17.5. The standard InChI is InChI=1S/C20H32ClN5O2S.HI/c1-2-22-20(24-18-7-14-29(27,28)16-18)23-8-4-9-25-10-12-26(13-11-25)19-6-3-5-17(21)15-19;/h3,5-6,15,18H,2,4,7-14,16H2,1H3,(H2,22,23,24);1H. The van der Waals surface area contributed by atoms with E-state index in [0.717, 1.165) is 63.2 Å². The highest BCUT2D eigenvalue weighted by Gasteiger charge is 2.28. The average Bonchev–Trinajstić information content (AvgIpc) is 3.04. The molecule has 0 aromatic heterocycles. The van der Waals surface area contributed by atoms with E-state index in [2.05, 4.69) is 31.5 Å². The number of piperazine rings is 1. The predicted molar refractivity (Wildman–Crippen MR) is 136 cm³/mol. The van der Waals surface area contributed by atoms with Crippen LogP contribution in [-0.4, -0.2) is 82.6 Å². The van der Waals surface area contributed by atoms with Gasteiger partial charge in [0.1, 0.15) is 0 Å². The van der Waals surface area contributed by atoms with Crippen molar-refractivity contribution in [3.05, 3.63) is 29.3 Å². The lowest BCUT2D eigenvalue weighted by atomic mass is 10.2. The molecule has 0 radical (unpaired) electrons. The van der Waals surface area contributed by atoms with Gasteiger partial charge in [-0.05, 0) is 38.0 Å². The second kappa shape index (κ2) is 12.3. The molecule has 2 fully saturated rings. The molecule has 1 aromatic rings. The highest BCUT2D eigenvalue weighted by molar-refractivity contribution is 14.0. The van der Waals surface area contributed by atoms with Gasteiger partial charge in [-0.3, -0.25) is 9.89 Å². The molecule has 7 nitrogen and oxygen atoms in total. The summed E-state index contributed by atoms with van der Waals surface area (Å²) < 4.78 is 23.3. The van der Waals surface area contributed by atoms with Crippen LogP contribution in [0.4, 0.5) is 5.69 Å². The molecule has 10 heteroatoms. The van der Waals surface area contributed by atoms with Crippen LogP contribution in [0.3, 0.4) is 0 Å². The first-order valence-electron chi connectivity index (χ1n) is 10.4. The Morgan fingerprint density at radius 3 is 2.67 bits per heavy atom. The molecule has 1 aromatic carbocycles. The molecule has 3 rings (SSSR count). The van der Waals surface area contributed by atoms with Crippen molar-refractivity contribution in [2.24, 2.45) is 4.99 Å². The number of aliphatic imine (C=N–C) groups is 1.